The van der Waals surface area contributed by atoms with Gasteiger partial charge < -0.3 is 10.0 Å². The van der Waals surface area contributed by atoms with Gasteiger partial charge in [-0.3, -0.25) is 0 Å². The Labute approximate surface area is 112 Å². The van der Waals surface area contributed by atoms with Gasteiger partial charge in [0, 0.05) is 13.1 Å². The van der Waals surface area contributed by atoms with Crippen molar-refractivity contribution >= 4 is 15.7 Å². The van der Waals surface area contributed by atoms with E-state index >= 15 is 0 Å². The minimum atomic E-state index is -3.81. The molecule has 1 aromatic carbocycles. The van der Waals surface area contributed by atoms with Gasteiger partial charge in [-0.1, -0.05) is 0 Å². The average molecular weight is 281 g/mol. The number of β-amino-alcohol motifs (C(OH)–C–C–N with tert-alkyl or cyclic N) is 1. The van der Waals surface area contributed by atoms with Crippen molar-refractivity contribution in [3.8, 4) is 6.07 Å². The van der Waals surface area contributed by atoms with Crippen LogP contribution in [0.2, 0.25) is 0 Å². The van der Waals surface area contributed by atoms with E-state index in [2.05, 4.69) is 0 Å². The first-order chi connectivity index (χ1) is 8.91. The predicted molar refractivity (Wildman–Crippen MR) is 70.0 cm³/mol. The van der Waals surface area contributed by atoms with Gasteiger partial charge in [-0.15, -0.1) is 0 Å². The van der Waals surface area contributed by atoms with Crippen LogP contribution in [0.4, 0.5) is 5.69 Å². The van der Waals surface area contributed by atoms with E-state index in [1.54, 1.807) is 6.07 Å². The van der Waals surface area contributed by atoms with E-state index < -0.39 is 16.1 Å². The molecule has 1 fully saturated rings. The summed E-state index contributed by atoms with van der Waals surface area (Å²) in [6.07, 6.45) is 1.16. The Bertz CT molecular complexity index is 622. The third-order valence-electron chi connectivity index (χ3n) is 3.15. The van der Waals surface area contributed by atoms with Crippen LogP contribution in [0.1, 0.15) is 18.4 Å². The first-order valence-corrected chi connectivity index (χ1v) is 7.46. The number of hydrogen-bond donors (Lipinski definition) is 2. The van der Waals surface area contributed by atoms with Gasteiger partial charge in [0.1, 0.15) is 6.07 Å². The smallest absolute Gasteiger partial charge is 0.238 e. The van der Waals surface area contributed by atoms with E-state index in [0.717, 1.165) is 19.4 Å². The average Bonchev–Trinajstić information content (AvgIpc) is 2.37. The Morgan fingerprint density at radius 2 is 2.21 bits per heavy atom. The first kappa shape index (κ1) is 13.8. The van der Waals surface area contributed by atoms with Crippen LogP contribution in [-0.4, -0.2) is 32.7 Å². The first-order valence-electron chi connectivity index (χ1n) is 5.92. The summed E-state index contributed by atoms with van der Waals surface area (Å²) in [5.74, 6) is 0. The molecule has 1 aromatic rings. The molecule has 1 heterocycles. The number of sulfonamides is 1. The lowest BCUT2D eigenvalue weighted by atomic mass is 10.1. The van der Waals surface area contributed by atoms with Crippen molar-refractivity contribution in [3.05, 3.63) is 23.8 Å². The second-order valence-corrected chi connectivity index (χ2v) is 6.14. The maximum atomic E-state index is 11.3. The highest BCUT2D eigenvalue weighted by atomic mass is 32.2. The summed E-state index contributed by atoms with van der Waals surface area (Å²) in [6.45, 7) is 1.18. The molecule has 0 saturated carbocycles. The Morgan fingerprint density at radius 3 is 2.79 bits per heavy atom. The fraction of sp³-hybridized carbons (Fsp3) is 0.417. The van der Waals surface area contributed by atoms with E-state index in [4.69, 9.17) is 10.4 Å². The number of rotatable bonds is 2. The summed E-state index contributed by atoms with van der Waals surface area (Å²) in [6, 6.07) is 6.19. The molecule has 0 spiro atoms. The summed E-state index contributed by atoms with van der Waals surface area (Å²) in [4.78, 5) is 1.81. The number of piperidine rings is 1. The number of primary sulfonamides is 1. The topological polar surface area (TPSA) is 107 Å². The van der Waals surface area contributed by atoms with Gasteiger partial charge in [0.05, 0.1) is 22.3 Å². The van der Waals surface area contributed by atoms with Gasteiger partial charge in [-0.25, -0.2) is 13.6 Å². The number of aliphatic hydroxyl groups excluding tert-OH is 1. The van der Waals surface area contributed by atoms with E-state index in [-0.39, 0.29) is 10.5 Å². The lowest BCUT2D eigenvalue weighted by molar-refractivity contribution is 0.154. The normalized spacial score (nSPS) is 20.1. The highest BCUT2D eigenvalue weighted by Gasteiger charge is 2.21. The molecule has 0 aliphatic carbocycles. The number of nitrogens with two attached hydrogens (primary N) is 1. The maximum Gasteiger partial charge on any atom is 0.238 e. The molecule has 1 unspecified atom stereocenters. The van der Waals surface area contributed by atoms with Crippen LogP contribution in [-0.2, 0) is 10.0 Å². The zero-order chi connectivity index (χ0) is 14.0. The molecule has 102 valence electrons. The van der Waals surface area contributed by atoms with Crippen molar-refractivity contribution in [1.82, 2.24) is 0 Å². The van der Waals surface area contributed by atoms with Gasteiger partial charge in [0.25, 0.3) is 0 Å². The van der Waals surface area contributed by atoms with Gasteiger partial charge in [0.2, 0.25) is 10.0 Å². The van der Waals surface area contributed by atoms with Crippen LogP contribution in [0.3, 0.4) is 0 Å². The van der Waals surface area contributed by atoms with Crippen molar-refractivity contribution in [1.29, 1.82) is 5.26 Å². The van der Waals surface area contributed by atoms with Crippen LogP contribution in [0.15, 0.2) is 23.1 Å². The summed E-state index contributed by atoms with van der Waals surface area (Å²) < 4.78 is 22.5. The monoisotopic (exact) mass is 281 g/mol. The Kier molecular flexibility index (Phi) is 3.75. The molecule has 6 nitrogen and oxygen atoms in total. The van der Waals surface area contributed by atoms with Gasteiger partial charge in [-0.2, -0.15) is 5.26 Å². The summed E-state index contributed by atoms with van der Waals surface area (Å²) in [5.41, 5.74) is 0.884. The molecule has 1 aliphatic heterocycles. The van der Waals surface area contributed by atoms with E-state index in [0.29, 0.717) is 12.2 Å². The summed E-state index contributed by atoms with van der Waals surface area (Å²) in [5, 5.41) is 23.8. The van der Waals surface area contributed by atoms with E-state index in [9.17, 15) is 13.5 Å². The van der Waals surface area contributed by atoms with Crippen molar-refractivity contribution in [3.63, 3.8) is 0 Å². The highest BCUT2D eigenvalue weighted by molar-refractivity contribution is 7.89. The number of hydrogen-bond acceptors (Lipinski definition) is 5. The fourth-order valence-electron chi connectivity index (χ4n) is 2.23. The molecule has 3 N–H and O–H groups in total. The molecular weight excluding hydrogens is 266 g/mol. The number of aliphatic hydroxyl groups is 1. The minimum Gasteiger partial charge on any atom is -0.391 e. The van der Waals surface area contributed by atoms with Crippen molar-refractivity contribution in [2.75, 3.05) is 18.0 Å². The van der Waals surface area contributed by atoms with Gasteiger partial charge >= 0.3 is 0 Å². The third kappa shape index (κ3) is 3.04. The molecule has 0 bridgehead atoms. The van der Waals surface area contributed by atoms with Crippen LogP contribution >= 0.6 is 0 Å². The fourth-order valence-corrected chi connectivity index (χ4v) is 2.77. The maximum absolute atomic E-state index is 11.3. The Hall–Kier alpha value is -1.62. The highest BCUT2D eigenvalue weighted by Crippen LogP contribution is 2.26. The summed E-state index contributed by atoms with van der Waals surface area (Å²) >= 11 is 0. The number of benzene rings is 1. The molecule has 1 saturated heterocycles. The third-order valence-corrected chi connectivity index (χ3v) is 4.07. The predicted octanol–water partition coefficient (Wildman–Crippen LogP) is 0.167. The SMILES string of the molecule is N#Cc1cc(S(N)(=O)=O)ccc1N1CCCC(O)C1. The van der Waals surface area contributed by atoms with Crippen LogP contribution in [0.25, 0.3) is 0 Å². The largest absolute Gasteiger partial charge is 0.391 e. The van der Waals surface area contributed by atoms with E-state index in [1.807, 2.05) is 11.0 Å². The Morgan fingerprint density at radius 1 is 1.47 bits per heavy atom. The minimum absolute atomic E-state index is 0.0784. The van der Waals surface area contributed by atoms with Crippen molar-refractivity contribution in [2.45, 2.75) is 23.8 Å². The molecule has 0 aromatic heterocycles. The van der Waals surface area contributed by atoms with Crippen LogP contribution in [0, 0.1) is 11.3 Å². The molecule has 19 heavy (non-hydrogen) atoms. The van der Waals surface area contributed by atoms with Gasteiger partial charge in [-0.05, 0) is 31.0 Å². The summed E-state index contributed by atoms with van der Waals surface area (Å²) in [7, 11) is -3.81. The second kappa shape index (κ2) is 5.17. The molecular formula is C12H15N3O3S. The lowest BCUT2D eigenvalue weighted by Gasteiger charge is -2.32. The number of nitrogens with zero attached hydrogens (tertiary/aromatic N) is 2. The molecule has 1 aliphatic rings. The molecule has 1 atom stereocenters. The quantitative estimate of drug-likeness (QED) is 0.803. The second-order valence-electron chi connectivity index (χ2n) is 4.58. The molecule has 0 amide bonds. The van der Waals surface area contributed by atoms with Crippen molar-refractivity contribution in [2.24, 2.45) is 5.14 Å². The molecule has 0 radical (unpaired) electrons. The lowest BCUT2D eigenvalue weighted by Crippen LogP contribution is -2.38. The standard InChI is InChI=1S/C12H15N3O3S/c13-7-9-6-11(19(14,17)18)3-4-12(9)15-5-1-2-10(16)8-15/h3-4,6,10,16H,1-2,5,8H2,(H2,14,17,18). The van der Waals surface area contributed by atoms with Crippen LogP contribution in [0.5, 0.6) is 0 Å². The van der Waals surface area contributed by atoms with Crippen molar-refractivity contribution < 1.29 is 13.5 Å². The molecule has 2 rings (SSSR count). The van der Waals surface area contributed by atoms with E-state index in [1.165, 1.54) is 12.1 Å². The van der Waals surface area contributed by atoms with Crippen LogP contribution < -0.4 is 10.0 Å². The molecule has 7 heteroatoms. The number of anilines is 1. The number of nitriles is 1. The zero-order valence-electron chi connectivity index (χ0n) is 10.3. The Balaban J connectivity index is 2.39. The zero-order valence-corrected chi connectivity index (χ0v) is 11.1. The van der Waals surface area contributed by atoms with Gasteiger partial charge in [0.15, 0.2) is 0 Å².